The average Bonchev–Trinajstić information content (AvgIpc) is 2.52. The zero-order valence-electron chi connectivity index (χ0n) is 12.5. The summed E-state index contributed by atoms with van der Waals surface area (Å²) < 4.78 is 0. The van der Waals surface area contributed by atoms with Gasteiger partial charge in [-0.05, 0) is 50.1 Å². The molecule has 1 aliphatic rings. The van der Waals surface area contributed by atoms with E-state index in [9.17, 15) is 4.79 Å². The van der Waals surface area contributed by atoms with E-state index in [0.717, 1.165) is 31.6 Å². The fraction of sp³-hybridized carbons (Fsp3) is 0.471. The minimum Gasteiger partial charge on any atom is -0.338 e. The maximum Gasteiger partial charge on any atom is 0.246 e. The largest absolute Gasteiger partial charge is 0.338 e. The molecule has 1 N–H and O–H groups in total. The van der Waals surface area contributed by atoms with Crippen LogP contribution in [0, 0.1) is 0 Å². The number of hydrogen-bond donors (Lipinski definition) is 1. The van der Waals surface area contributed by atoms with Crippen molar-refractivity contribution in [1.82, 2.24) is 10.2 Å². The quantitative estimate of drug-likeness (QED) is 0.846. The van der Waals surface area contributed by atoms with Gasteiger partial charge < -0.3 is 10.2 Å². The Morgan fingerprint density at radius 1 is 1.38 bits per heavy atom. The average molecular weight is 307 g/mol. The van der Waals surface area contributed by atoms with E-state index in [1.807, 2.05) is 42.2 Å². The van der Waals surface area contributed by atoms with Gasteiger partial charge >= 0.3 is 0 Å². The van der Waals surface area contributed by atoms with Crippen LogP contribution in [0.5, 0.6) is 0 Å². The van der Waals surface area contributed by atoms with Gasteiger partial charge in [-0.2, -0.15) is 0 Å². The molecule has 0 spiro atoms. The molecule has 2 rings (SSSR count). The zero-order valence-corrected chi connectivity index (χ0v) is 13.3. The molecule has 0 aliphatic carbocycles. The van der Waals surface area contributed by atoms with Crippen LogP contribution in [0.1, 0.15) is 31.7 Å². The number of likely N-dealkylation sites (N-methyl/N-ethyl adjacent to an activating group) is 1. The Morgan fingerprint density at radius 3 is 2.76 bits per heavy atom. The smallest absolute Gasteiger partial charge is 0.246 e. The van der Waals surface area contributed by atoms with Crippen LogP contribution in [0.3, 0.4) is 0 Å². The second kappa shape index (κ2) is 8.20. The van der Waals surface area contributed by atoms with Crippen molar-refractivity contribution in [2.75, 3.05) is 19.6 Å². The Labute approximate surface area is 132 Å². The van der Waals surface area contributed by atoms with Gasteiger partial charge in [-0.15, -0.1) is 0 Å². The van der Waals surface area contributed by atoms with Gasteiger partial charge in [0.1, 0.15) is 0 Å². The maximum atomic E-state index is 12.3. The third-order valence-electron chi connectivity index (χ3n) is 3.83. The summed E-state index contributed by atoms with van der Waals surface area (Å²) in [6.07, 6.45) is 7.15. The first-order valence-electron chi connectivity index (χ1n) is 7.65. The predicted molar refractivity (Wildman–Crippen MR) is 88.4 cm³/mol. The summed E-state index contributed by atoms with van der Waals surface area (Å²) in [6.45, 7) is 4.62. The van der Waals surface area contributed by atoms with Gasteiger partial charge in [0.05, 0.1) is 0 Å². The van der Waals surface area contributed by atoms with Crippen molar-refractivity contribution in [2.24, 2.45) is 0 Å². The molecule has 3 nitrogen and oxygen atoms in total. The van der Waals surface area contributed by atoms with E-state index in [1.165, 1.54) is 12.8 Å². The van der Waals surface area contributed by atoms with Crippen molar-refractivity contribution in [3.05, 3.63) is 40.9 Å². The molecule has 114 valence electrons. The molecule has 0 radical (unpaired) electrons. The Hall–Kier alpha value is -1.32. The molecule has 0 aromatic heterocycles. The van der Waals surface area contributed by atoms with Crippen molar-refractivity contribution >= 4 is 23.6 Å². The van der Waals surface area contributed by atoms with Crippen LogP contribution in [0.2, 0.25) is 5.02 Å². The lowest BCUT2D eigenvalue weighted by molar-refractivity contribution is -0.126. The van der Waals surface area contributed by atoms with Gasteiger partial charge in [-0.1, -0.05) is 30.2 Å². The Balaban J connectivity index is 1.91. The Kier molecular flexibility index (Phi) is 6.27. The normalized spacial score (nSPS) is 18.9. The highest BCUT2D eigenvalue weighted by Gasteiger charge is 2.17. The first-order chi connectivity index (χ1) is 10.2. The fourth-order valence-corrected chi connectivity index (χ4v) is 2.69. The molecule has 1 aliphatic heterocycles. The van der Waals surface area contributed by atoms with E-state index in [-0.39, 0.29) is 5.91 Å². The summed E-state index contributed by atoms with van der Waals surface area (Å²) in [5, 5.41) is 4.19. The number of halogens is 1. The van der Waals surface area contributed by atoms with Crippen LogP contribution in [-0.2, 0) is 4.79 Å². The number of nitrogens with one attached hydrogen (secondary N) is 1. The molecule has 4 heteroatoms. The van der Waals surface area contributed by atoms with Gasteiger partial charge in [0.25, 0.3) is 0 Å². The van der Waals surface area contributed by atoms with Crippen molar-refractivity contribution in [3.8, 4) is 0 Å². The second-order valence-electron chi connectivity index (χ2n) is 5.41. The lowest BCUT2D eigenvalue weighted by Crippen LogP contribution is -2.45. The zero-order chi connectivity index (χ0) is 15.1. The van der Waals surface area contributed by atoms with Crippen molar-refractivity contribution in [3.63, 3.8) is 0 Å². The number of carbonyl (C=O) groups excluding carboxylic acids is 1. The fourth-order valence-electron chi connectivity index (χ4n) is 2.57. The highest BCUT2D eigenvalue weighted by atomic mass is 35.5. The van der Waals surface area contributed by atoms with E-state index >= 15 is 0 Å². The number of carbonyl (C=O) groups is 1. The van der Waals surface area contributed by atoms with E-state index in [0.29, 0.717) is 11.1 Å². The van der Waals surface area contributed by atoms with E-state index in [4.69, 9.17) is 11.6 Å². The van der Waals surface area contributed by atoms with Crippen LogP contribution in [0.25, 0.3) is 6.08 Å². The number of hydrogen-bond acceptors (Lipinski definition) is 2. The summed E-state index contributed by atoms with van der Waals surface area (Å²) in [4.78, 5) is 14.2. The minimum atomic E-state index is 0.0693. The molecule has 1 atom stereocenters. The molecule has 1 aromatic carbocycles. The predicted octanol–water partition coefficient (Wildman–Crippen LogP) is 3.34. The summed E-state index contributed by atoms with van der Waals surface area (Å²) >= 11 is 5.85. The number of piperidine rings is 1. The summed E-state index contributed by atoms with van der Waals surface area (Å²) in [7, 11) is 0. The van der Waals surface area contributed by atoms with Gasteiger partial charge in [-0.3, -0.25) is 4.79 Å². The second-order valence-corrected chi connectivity index (χ2v) is 5.85. The van der Waals surface area contributed by atoms with Crippen LogP contribution < -0.4 is 5.32 Å². The van der Waals surface area contributed by atoms with E-state index in [2.05, 4.69) is 5.32 Å². The van der Waals surface area contributed by atoms with Gasteiger partial charge in [0.15, 0.2) is 0 Å². The topological polar surface area (TPSA) is 32.3 Å². The highest BCUT2D eigenvalue weighted by molar-refractivity contribution is 6.30. The Morgan fingerprint density at radius 2 is 2.14 bits per heavy atom. The van der Waals surface area contributed by atoms with Gasteiger partial charge in [0.2, 0.25) is 5.91 Å². The third kappa shape index (κ3) is 5.18. The standard InChI is InChI=1S/C17H23ClN2O/c1-2-20(13-16-5-3-4-12-19-16)17(21)11-8-14-6-9-15(18)10-7-14/h6-11,16,19H,2-5,12-13H2,1H3/b11-8+. The molecule has 1 aromatic rings. The lowest BCUT2D eigenvalue weighted by atomic mass is 10.0. The monoisotopic (exact) mass is 306 g/mol. The molecule has 0 bridgehead atoms. The summed E-state index contributed by atoms with van der Waals surface area (Å²) in [5.41, 5.74) is 0.986. The molecule has 1 heterocycles. The van der Waals surface area contributed by atoms with E-state index < -0.39 is 0 Å². The number of nitrogens with zero attached hydrogens (tertiary/aromatic N) is 1. The van der Waals surface area contributed by atoms with E-state index in [1.54, 1.807) is 6.08 Å². The van der Waals surface area contributed by atoms with Crippen molar-refractivity contribution < 1.29 is 4.79 Å². The first kappa shape index (κ1) is 16.1. The SMILES string of the molecule is CCN(CC1CCCCN1)C(=O)/C=C/c1ccc(Cl)cc1. The number of amides is 1. The molecule has 0 saturated carbocycles. The third-order valence-corrected chi connectivity index (χ3v) is 4.09. The minimum absolute atomic E-state index is 0.0693. The number of benzene rings is 1. The van der Waals surface area contributed by atoms with Crippen molar-refractivity contribution in [2.45, 2.75) is 32.2 Å². The molecule has 1 amide bonds. The van der Waals surface area contributed by atoms with Crippen LogP contribution >= 0.6 is 11.6 Å². The Bertz CT molecular complexity index is 478. The molecule has 1 unspecified atom stereocenters. The molecular weight excluding hydrogens is 284 g/mol. The van der Waals surface area contributed by atoms with Gasteiger partial charge in [0, 0.05) is 30.2 Å². The summed E-state index contributed by atoms with van der Waals surface area (Å²) in [5.74, 6) is 0.0693. The maximum absolute atomic E-state index is 12.3. The van der Waals surface area contributed by atoms with Crippen LogP contribution in [-0.4, -0.2) is 36.5 Å². The molecule has 21 heavy (non-hydrogen) atoms. The van der Waals surface area contributed by atoms with Crippen molar-refractivity contribution in [1.29, 1.82) is 0 Å². The van der Waals surface area contributed by atoms with Crippen LogP contribution in [0.15, 0.2) is 30.3 Å². The highest BCUT2D eigenvalue weighted by Crippen LogP contribution is 2.12. The first-order valence-corrected chi connectivity index (χ1v) is 8.03. The number of rotatable bonds is 5. The molecule has 1 saturated heterocycles. The van der Waals surface area contributed by atoms with Gasteiger partial charge in [-0.25, -0.2) is 0 Å². The summed E-state index contributed by atoms with van der Waals surface area (Å²) in [6, 6.07) is 7.91. The molecular formula is C17H23ClN2O. The van der Waals surface area contributed by atoms with Crippen LogP contribution in [0.4, 0.5) is 0 Å². The molecule has 1 fully saturated rings. The lowest BCUT2D eigenvalue weighted by Gasteiger charge is -2.29.